The number of para-hydroxylation sites is 1. The number of nitrogens with zero attached hydrogens (tertiary/aromatic N) is 1. The fraction of sp³-hybridized carbons (Fsp3) is 0.571. The zero-order valence-electron chi connectivity index (χ0n) is 11.6. The van der Waals surface area contributed by atoms with E-state index in [1.807, 2.05) is 13.8 Å². The number of nitro benzene ring substituents is 1. The summed E-state index contributed by atoms with van der Waals surface area (Å²) >= 11 is 0. The highest BCUT2D eigenvalue weighted by molar-refractivity contribution is 5.39. The summed E-state index contributed by atoms with van der Waals surface area (Å²) in [6.45, 7) is 5.04. The Labute approximate surface area is 113 Å². The monoisotopic (exact) mass is 266 g/mol. The van der Waals surface area contributed by atoms with Crippen LogP contribution in [0.2, 0.25) is 0 Å². The lowest BCUT2D eigenvalue weighted by molar-refractivity contribution is -0.385. The first-order chi connectivity index (χ1) is 9.02. The number of hydrogen-bond acceptors (Lipinski definition) is 4. The average Bonchev–Trinajstić information content (AvgIpc) is 2.43. The largest absolute Gasteiger partial charge is 0.389 e. The van der Waals surface area contributed by atoms with Crippen LogP contribution in [0.5, 0.6) is 0 Å². The van der Waals surface area contributed by atoms with Gasteiger partial charge in [0.1, 0.15) is 0 Å². The summed E-state index contributed by atoms with van der Waals surface area (Å²) in [5.41, 5.74) is 0.199. The van der Waals surface area contributed by atoms with Crippen molar-refractivity contribution in [3.05, 3.63) is 39.9 Å². The molecule has 0 spiro atoms. The molecule has 5 nitrogen and oxygen atoms in total. The second-order valence-corrected chi connectivity index (χ2v) is 4.74. The van der Waals surface area contributed by atoms with Gasteiger partial charge in [-0.25, -0.2) is 0 Å². The molecule has 0 aliphatic rings. The predicted molar refractivity (Wildman–Crippen MR) is 75.2 cm³/mol. The molecule has 0 saturated heterocycles. The van der Waals surface area contributed by atoms with Crippen molar-refractivity contribution in [2.24, 2.45) is 0 Å². The molecule has 0 bridgehead atoms. The summed E-state index contributed by atoms with van der Waals surface area (Å²) in [7, 11) is 0. The SMILES string of the molecule is CCC(O)(CC)CNCCc1ccccc1[N+](=O)[O-]. The zero-order valence-corrected chi connectivity index (χ0v) is 11.6. The van der Waals surface area contributed by atoms with Crippen molar-refractivity contribution in [2.75, 3.05) is 13.1 Å². The van der Waals surface area contributed by atoms with Gasteiger partial charge in [-0.15, -0.1) is 0 Å². The molecule has 0 fully saturated rings. The molecular weight excluding hydrogens is 244 g/mol. The molecule has 0 saturated carbocycles. The molecule has 0 aromatic heterocycles. The molecule has 0 aliphatic carbocycles. The Bertz CT molecular complexity index is 417. The molecule has 1 rings (SSSR count). The van der Waals surface area contributed by atoms with E-state index in [-0.39, 0.29) is 10.6 Å². The summed E-state index contributed by atoms with van der Waals surface area (Å²) in [6, 6.07) is 6.76. The minimum atomic E-state index is -0.678. The number of rotatable bonds is 8. The topological polar surface area (TPSA) is 75.4 Å². The highest BCUT2D eigenvalue weighted by Crippen LogP contribution is 2.18. The predicted octanol–water partition coefficient (Wildman–Crippen LogP) is 2.28. The van der Waals surface area contributed by atoms with Gasteiger partial charge >= 0.3 is 0 Å². The van der Waals surface area contributed by atoms with E-state index in [0.717, 1.165) is 5.56 Å². The van der Waals surface area contributed by atoms with Gasteiger partial charge in [0.15, 0.2) is 0 Å². The standard InChI is InChI=1S/C14H22N2O3/c1-3-14(17,4-2)11-15-10-9-12-7-5-6-8-13(12)16(18)19/h5-8,15,17H,3-4,9-11H2,1-2H3. The molecule has 0 radical (unpaired) electrons. The molecule has 19 heavy (non-hydrogen) atoms. The van der Waals surface area contributed by atoms with Crippen LogP contribution in [0.1, 0.15) is 32.3 Å². The van der Waals surface area contributed by atoms with E-state index < -0.39 is 5.60 Å². The van der Waals surface area contributed by atoms with Gasteiger partial charge in [0.25, 0.3) is 5.69 Å². The molecule has 0 amide bonds. The Morgan fingerprint density at radius 2 is 1.95 bits per heavy atom. The summed E-state index contributed by atoms with van der Waals surface area (Å²) in [5.74, 6) is 0. The van der Waals surface area contributed by atoms with Crippen LogP contribution in [0, 0.1) is 10.1 Å². The third-order valence-electron chi connectivity index (χ3n) is 3.53. The lowest BCUT2D eigenvalue weighted by Crippen LogP contribution is -2.40. The van der Waals surface area contributed by atoms with E-state index in [1.165, 1.54) is 6.07 Å². The van der Waals surface area contributed by atoms with Gasteiger partial charge in [-0.2, -0.15) is 0 Å². The normalized spacial score (nSPS) is 11.5. The van der Waals surface area contributed by atoms with Gasteiger partial charge in [0.2, 0.25) is 0 Å². The van der Waals surface area contributed by atoms with Gasteiger partial charge in [-0.3, -0.25) is 10.1 Å². The molecule has 0 aliphatic heterocycles. The average molecular weight is 266 g/mol. The fourth-order valence-corrected chi connectivity index (χ4v) is 1.94. The second kappa shape index (κ2) is 7.21. The van der Waals surface area contributed by atoms with Crippen LogP contribution in [-0.2, 0) is 6.42 Å². The van der Waals surface area contributed by atoms with Gasteiger partial charge < -0.3 is 10.4 Å². The summed E-state index contributed by atoms with van der Waals surface area (Å²) < 4.78 is 0. The molecule has 0 unspecified atom stereocenters. The van der Waals surface area contributed by atoms with Crippen molar-refractivity contribution in [3.63, 3.8) is 0 Å². The third-order valence-corrected chi connectivity index (χ3v) is 3.53. The highest BCUT2D eigenvalue weighted by atomic mass is 16.6. The lowest BCUT2D eigenvalue weighted by Gasteiger charge is -2.25. The van der Waals surface area contributed by atoms with Crippen molar-refractivity contribution in [3.8, 4) is 0 Å². The minimum absolute atomic E-state index is 0.158. The molecule has 0 heterocycles. The maximum Gasteiger partial charge on any atom is 0.272 e. The summed E-state index contributed by atoms with van der Waals surface area (Å²) in [6.07, 6.45) is 1.98. The Morgan fingerprint density at radius 1 is 1.32 bits per heavy atom. The maximum absolute atomic E-state index is 10.9. The van der Waals surface area contributed by atoms with Gasteiger partial charge in [0, 0.05) is 18.2 Å². The number of aliphatic hydroxyl groups is 1. The van der Waals surface area contributed by atoms with E-state index in [0.29, 0.717) is 32.4 Å². The van der Waals surface area contributed by atoms with Crippen LogP contribution in [-0.4, -0.2) is 28.7 Å². The zero-order chi connectivity index (χ0) is 14.3. The van der Waals surface area contributed by atoms with E-state index in [2.05, 4.69) is 5.32 Å². The van der Waals surface area contributed by atoms with Crippen molar-refractivity contribution in [1.29, 1.82) is 0 Å². The van der Waals surface area contributed by atoms with Crippen molar-refractivity contribution >= 4 is 5.69 Å². The Hall–Kier alpha value is -1.46. The first-order valence-corrected chi connectivity index (χ1v) is 6.68. The molecule has 106 valence electrons. The first kappa shape index (κ1) is 15.6. The molecule has 5 heteroatoms. The van der Waals surface area contributed by atoms with Crippen LogP contribution >= 0.6 is 0 Å². The van der Waals surface area contributed by atoms with Crippen LogP contribution < -0.4 is 5.32 Å². The number of nitro groups is 1. The highest BCUT2D eigenvalue weighted by Gasteiger charge is 2.21. The molecule has 1 aromatic rings. The van der Waals surface area contributed by atoms with E-state index >= 15 is 0 Å². The van der Waals surface area contributed by atoms with Crippen LogP contribution in [0.4, 0.5) is 5.69 Å². The van der Waals surface area contributed by atoms with Crippen LogP contribution in [0.25, 0.3) is 0 Å². The van der Waals surface area contributed by atoms with Crippen molar-refractivity contribution in [2.45, 2.75) is 38.7 Å². The quantitative estimate of drug-likeness (QED) is 0.430. The van der Waals surface area contributed by atoms with Gasteiger partial charge in [-0.05, 0) is 25.8 Å². The van der Waals surface area contributed by atoms with Crippen LogP contribution in [0.3, 0.4) is 0 Å². The van der Waals surface area contributed by atoms with Gasteiger partial charge in [-0.1, -0.05) is 32.0 Å². The first-order valence-electron chi connectivity index (χ1n) is 6.68. The Kier molecular flexibility index (Phi) is 5.92. The number of hydrogen-bond donors (Lipinski definition) is 2. The minimum Gasteiger partial charge on any atom is -0.389 e. The van der Waals surface area contributed by atoms with Crippen molar-refractivity contribution in [1.82, 2.24) is 5.32 Å². The second-order valence-electron chi connectivity index (χ2n) is 4.74. The van der Waals surface area contributed by atoms with E-state index in [9.17, 15) is 15.2 Å². The Balaban J connectivity index is 2.48. The fourth-order valence-electron chi connectivity index (χ4n) is 1.94. The van der Waals surface area contributed by atoms with Gasteiger partial charge in [0.05, 0.1) is 10.5 Å². The lowest BCUT2D eigenvalue weighted by atomic mass is 9.97. The molecule has 1 aromatic carbocycles. The van der Waals surface area contributed by atoms with Crippen LogP contribution in [0.15, 0.2) is 24.3 Å². The van der Waals surface area contributed by atoms with E-state index in [1.54, 1.807) is 18.2 Å². The summed E-state index contributed by atoms with van der Waals surface area (Å²) in [5, 5.41) is 24.1. The number of nitrogens with one attached hydrogen (secondary N) is 1. The number of benzene rings is 1. The third kappa shape index (κ3) is 4.61. The summed E-state index contributed by atoms with van der Waals surface area (Å²) in [4.78, 5) is 10.5. The van der Waals surface area contributed by atoms with Crippen molar-refractivity contribution < 1.29 is 10.0 Å². The maximum atomic E-state index is 10.9. The molecule has 0 atom stereocenters. The molecular formula is C14H22N2O3. The molecule has 2 N–H and O–H groups in total. The van der Waals surface area contributed by atoms with E-state index in [4.69, 9.17) is 0 Å². The smallest absolute Gasteiger partial charge is 0.272 e. The Morgan fingerprint density at radius 3 is 2.53 bits per heavy atom.